The molecule has 0 saturated carbocycles. The molecule has 0 amide bonds. The maximum Gasteiger partial charge on any atom is 0.166 e. The van der Waals surface area contributed by atoms with Gasteiger partial charge in [0.05, 0.1) is 19.8 Å². The van der Waals surface area contributed by atoms with Gasteiger partial charge in [-0.05, 0) is 19.1 Å². The summed E-state index contributed by atoms with van der Waals surface area (Å²) in [4.78, 5) is 0. The van der Waals surface area contributed by atoms with Crippen molar-refractivity contribution < 1.29 is 14.6 Å². The molecule has 0 saturated heterocycles. The van der Waals surface area contributed by atoms with Crippen molar-refractivity contribution >= 4 is 0 Å². The molecule has 0 aromatic heterocycles. The van der Waals surface area contributed by atoms with Crippen molar-refractivity contribution in [3.63, 3.8) is 0 Å². The number of aromatic hydroxyl groups is 1. The highest BCUT2D eigenvalue weighted by atomic mass is 16.5. The van der Waals surface area contributed by atoms with Crippen LogP contribution in [0.25, 0.3) is 0 Å². The van der Waals surface area contributed by atoms with E-state index >= 15 is 0 Å². The highest BCUT2D eigenvalue weighted by molar-refractivity contribution is 5.54. The average Bonchev–Trinajstić information content (AvgIpc) is 2.16. The van der Waals surface area contributed by atoms with Crippen LogP contribution in [0.4, 0.5) is 0 Å². The van der Waals surface area contributed by atoms with E-state index in [0.717, 1.165) is 0 Å². The van der Waals surface area contributed by atoms with Crippen molar-refractivity contribution in [1.29, 1.82) is 0 Å². The lowest BCUT2D eigenvalue weighted by atomic mass is 10.1. The van der Waals surface area contributed by atoms with Crippen molar-refractivity contribution in [2.45, 2.75) is 13.0 Å². The average molecular weight is 197 g/mol. The largest absolute Gasteiger partial charge is 0.504 e. The van der Waals surface area contributed by atoms with E-state index in [0.29, 0.717) is 17.1 Å². The first-order chi connectivity index (χ1) is 6.61. The van der Waals surface area contributed by atoms with Gasteiger partial charge in [-0.3, -0.25) is 0 Å². The molecule has 1 rings (SSSR count). The zero-order valence-electron chi connectivity index (χ0n) is 8.57. The summed E-state index contributed by atoms with van der Waals surface area (Å²) < 4.78 is 10.1. The Labute approximate surface area is 83.3 Å². The summed E-state index contributed by atoms with van der Waals surface area (Å²) >= 11 is 0. The standard InChI is InChI=1S/C10H15NO3/c1-6(11)9-7(13-2)4-5-8(14-3)10(9)12/h4-6,12H,11H2,1-3H3/t6-/m1/s1. The molecular weight excluding hydrogens is 182 g/mol. The molecule has 3 N–H and O–H groups in total. The minimum atomic E-state index is -0.306. The highest BCUT2D eigenvalue weighted by Crippen LogP contribution is 2.39. The summed E-state index contributed by atoms with van der Waals surface area (Å²) in [6, 6.07) is 3.05. The first-order valence-corrected chi connectivity index (χ1v) is 4.31. The Bertz CT molecular complexity index is 323. The number of hydrogen-bond donors (Lipinski definition) is 2. The SMILES string of the molecule is COc1ccc(OC)c([C@@H](C)N)c1O. The second-order valence-electron chi connectivity index (χ2n) is 3.02. The van der Waals surface area contributed by atoms with Gasteiger partial charge in [0.2, 0.25) is 0 Å². The Morgan fingerprint density at radius 2 is 1.71 bits per heavy atom. The number of benzene rings is 1. The number of phenols is 1. The van der Waals surface area contributed by atoms with E-state index in [9.17, 15) is 5.11 Å². The molecule has 14 heavy (non-hydrogen) atoms. The van der Waals surface area contributed by atoms with Crippen LogP contribution in [-0.4, -0.2) is 19.3 Å². The fourth-order valence-corrected chi connectivity index (χ4v) is 1.35. The molecule has 1 atom stereocenters. The van der Waals surface area contributed by atoms with Crippen molar-refractivity contribution in [3.8, 4) is 17.2 Å². The summed E-state index contributed by atoms with van der Waals surface area (Å²) in [7, 11) is 3.03. The van der Waals surface area contributed by atoms with Crippen LogP contribution in [0.3, 0.4) is 0 Å². The normalized spacial score (nSPS) is 12.3. The molecule has 0 aliphatic rings. The molecule has 0 spiro atoms. The number of nitrogens with two attached hydrogens (primary N) is 1. The van der Waals surface area contributed by atoms with Gasteiger partial charge in [-0.1, -0.05) is 0 Å². The van der Waals surface area contributed by atoms with E-state index in [1.165, 1.54) is 14.2 Å². The van der Waals surface area contributed by atoms with Gasteiger partial charge in [-0.15, -0.1) is 0 Å². The Morgan fingerprint density at radius 3 is 2.14 bits per heavy atom. The molecule has 4 nitrogen and oxygen atoms in total. The topological polar surface area (TPSA) is 64.7 Å². The lowest BCUT2D eigenvalue weighted by Gasteiger charge is -2.15. The van der Waals surface area contributed by atoms with Gasteiger partial charge in [0.1, 0.15) is 5.75 Å². The van der Waals surface area contributed by atoms with E-state index < -0.39 is 0 Å². The van der Waals surface area contributed by atoms with Crippen LogP contribution in [0.2, 0.25) is 0 Å². The van der Waals surface area contributed by atoms with Gasteiger partial charge in [-0.2, -0.15) is 0 Å². The molecule has 1 aromatic carbocycles. The van der Waals surface area contributed by atoms with E-state index in [2.05, 4.69) is 0 Å². The van der Waals surface area contributed by atoms with Gasteiger partial charge in [0.15, 0.2) is 11.5 Å². The van der Waals surface area contributed by atoms with Crippen LogP contribution >= 0.6 is 0 Å². The van der Waals surface area contributed by atoms with Crippen LogP contribution in [0, 0.1) is 0 Å². The molecule has 0 radical (unpaired) electrons. The number of methoxy groups -OCH3 is 2. The quantitative estimate of drug-likeness (QED) is 0.769. The number of phenolic OH excluding ortho intramolecular Hbond substituents is 1. The summed E-state index contributed by atoms with van der Waals surface area (Å²) in [5.41, 5.74) is 6.28. The predicted molar refractivity (Wildman–Crippen MR) is 53.8 cm³/mol. The molecular formula is C10H15NO3. The first-order valence-electron chi connectivity index (χ1n) is 4.31. The fraction of sp³-hybridized carbons (Fsp3) is 0.400. The van der Waals surface area contributed by atoms with E-state index in [1.807, 2.05) is 0 Å². The number of hydrogen-bond acceptors (Lipinski definition) is 4. The number of rotatable bonds is 3. The van der Waals surface area contributed by atoms with Crippen LogP contribution < -0.4 is 15.2 Å². The maximum absolute atomic E-state index is 9.79. The lowest BCUT2D eigenvalue weighted by molar-refractivity contribution is 0.357. The third kappa shape index (κ3) is 1.75. The van der Waals surface area contributed by atoms with Gasteiger partial charge >= 0.3 is 0 Å². The van der Waals surface area contributed by atoms with Gasteiger partial charge in [0, 0.05) is 6.04 Å². The second kappa shape index (κ2) is 4.19. The van der Waals surface area contributed by atoms with Crippen molar-refractivity contribution in [1.82, 2.24) is 0 Å². The summed E-state index contributed by atoms with van der Waals surface area (Å²) in [6.07, 6.45) is 0. The van der Waals surface area contributed by atoms with E-state index in [-0.39, 0.29) is 11.8 Å². The Hall–Kier alpha value is -1.42. The smallest absolute Gasteiger partial charge is 0.166 e. The van der Waals surface area contributed by atoms with Gasteiger partial charge in [0.25, 0.3) is 0 Å². The van der Waals surface area contributed by atoms with Crippen molar-refractivity contribution in [2.75, 3.05) is 14.2 Å². The van der Waals surface area contributed by atoms with E-state index in [1.54, 1.807) is 19.1 Å². The van der Waals surface area contributed by atoms with Crippen LogP contribution in [0.15, 0.2) is 12.1 Å². The molecule has 1 aromatic rings. The maximum atomic E-state index is 9.79. The second-order valence-corrected chi connectivity index (χ2v) is 3.02. The zero-order chi connectivity index (χ0) is 10.7. The molecule has 0 fully saturated rings. The van der Waals surface area contributed by atoms with Crippen molar-refractivity contribution in [2.24, 2.45) is 5.73 Å². The van der Waals surface area contributed by atoms with E-state index in [4.69, 9.17) is 15.2 Å². The summed E-state index contributed by atoms with van der Waals surface area (Å²) in [5.74, 6) is 1.01. The molecule has 0 aliphatic heterocycles. The lowest BCUT2D eigenvalue weighted by Crippen LogP contribution is -2.07. The molecule has 4 heteroatoms. The number of ether oxygens (including phenoxy) is 2. The van der Waals surface area contributed by atoms with Crippen molar-refractivity contribution in [3.05, 3.63) is 17.7 Å². The van der Waals surface area contributed by atoms with Crippen LogP contribution in [0.5, 0.6) is 17.2 Å². The van der Waals surface area contributed by atoms with Crippen LogP contribution in [0.1, 0.15) is 18.5 Å². The fourth-order valence-electron chi connectivity index (χ4n) is 1.35. The third-order valence-corrected chi connectivity index (χ3v) is 2.04. The molecule has 0 unspecified atom stereocenters. The molecule has 0 aliphatic carbocycles. The monoisotopic (exact) mass is 197 g/mol. The predicted octanol–water partition coefficient (Wildman–Crippen LogP) is 1.43. The third-order valence-electron chi connectivity index (χ3n) is 2.04. The van der Waals surface area contributed by atoms with Crippen LogP contribution in [-0.2, 0) is 0 Å². The molecule has 78 valence electrons. The molecule has 0 bridgehead atoms. The minimum Gasteiger partial charge on any atom is -0.504 e. The highest BCUT2D eigenvalue weighted by Gasteiger charge is 2.16. The Morgan fingerprint density at radius 1 is 1.21 bits per heavy atom. The minimum absolute atomic E-state index is 0.0434. The summed E-state index contributed by atoms with van der Waals surface area (Å²) in [6.45, 7) is 1.77. The first kappa shape index (κ1) is 10.7. The Balaban J connectivity index is 3.31. The Kier molecular flexibility index (Phi) is 3.19. The molecule has 0 heterocycles. The van der Waals surface area contributed by atoms with Gasteiger partial charge < -0.3 is 20.3 Å². The summed E-state index contributed by atoms with van der Waals surface area (Å²) in [5, 5.41) is 9.79. The van der Waals surface area contributed by atoms with Gasteiger partial charge in [-0.25, -0.2) is 0 Å². The zero-order valence-corrected chi connectivity index (χ0v) is 8.57.